The minimum Gasteiger partial charge on any atom is -0.475 e. The fourth-order valence-electron chi connectivity index (χ4n) is 3.12. The molecule has 1 N–H and O–H groups in total. The lowest BCUT2D eigenvalue weighted by molar-refractivity contribution is 0.152. The second kappa shape index (κ2) is 9.33. The van der Waals surface area contributed by atoms with Gasteiger partial charge in [0.2, 0.25) is 0 Å². The Hall–Kier alpha value is -2.66. The Morgan fingerprint density at radius 3 is 2.89 bits per heavy atom. The summed E-state index contributed by atoms with van der Waals surface area (Å²) in [5, 5.41) is 4.51. The Balaban J connectivity index is 1.67. The van der Waals surface area contributed by atoms with Crippen LogP contribution < -0.4 is 15.6 Å². The third-order valence-electron chi connectivity index (χ3n) is 4.70. The highest BCUT2D eigenvalue weighted by Crippen LogP contribution is 2.21. The summed E-state index contributed by atoms with van der Waals surface area (Å²) >= 11 is 0. The summed E-state index contributed by atoms with van der Waals surface area (Å²) in [6.45, 7) is 3.02. The van der Waals surface area contributed by atoms with Crippen LogP contribution in [-0.2, 0) is 13.5 Å². The predicted molar refractivity (Wildman–Crippen MR) is 109 cm³/mol. The number of hydrogen-bond acceptors (Lipinski definition) is 4. The quantitative estimate of drug-likeness (QED) is 0.588. The maximum atomic E-state index is 11.8. The molecule has 3 aromatic rings. The first kappa shape index (κ1) is 19.1. The summed E-state index contributed by atoms with van der Waals surface area (Å²) in [5.74, 6) is 0.816. The van der Waals surface area contributed by atoms with E-state index in [0.717, 1.165) is 48.9 Å². The lowest BCUT2D eigenvalue weighted by atomic mass is 10.2. The zero-order valence-electron chi connectivity index (χ0n) is 16.0. The van der Waals surface area contributed by atoms with Crippen LogP contribution in [0.3, 0.4) is 0 Å². The van der Waals surface area contributed by atoms with Gasteiger partial charge in [-0.05, 0) is 55.2 Å². The van der Waals surface area contributed by atoms with E-state index in [1.807, 2.05) is 36.5 Å². The largest absolute Gasteiger partial charge is 0.475 e. The van der Waals surface area contributed by atoms with Crippen molar-refractivity contribution in [1.29, 1.82) is 0 Å². The first-order chi connectivity index (χ1) is 13.2. The van der Waals surface area contributed by atoms with E-state index in [1.54, 1.807) is 23.9 Å². The van der Waals surface area contributed by atoms with Crippen LogP contribution in [0.5, 0.6) is 5.75 Å². The molecular weight excluding hydrogens is 338 g/mol. The molecule has 3 rings (SSSR count). The van der Waals surface area contributed by atoms with Gasteiger partial charge in [0, 0.05) is 37.4 Å². The van der Waals surface area contributed by atoms with E-state index in [1.165, 1.54) is 5.56 Å². The lowest BCUT2D eigenvalue weighted by Crippen LogP contribution is -2.35. The van der Waals surface area contributed by atoms with Crippen molar-refractivity contribution in [1.82, 2.24) is 14.9 Å². The molecule has 0 amide bonds. The average molecular weight is 365 g/mol. The number of ether oxygens (including phenoxy) is 1. The van der Waals surface area contributed by atoms with Crippen LogP contribution in [0.25, 0.3) is 10.9 Å². The Kier molecular flexibility index (Phi) is 6.60. The Labute approximate surface area is 160 Å². The van der Waals surface area contributed by atoms with E-state index < -0.39 is 0 Å². The zero-order chi connectivity index (χ0) is 19.1. The van der Waals surface area contributed by atoms with Crippen molar-refractivity contribution in [3.05, 3.63) is 70.8 Å². The minimum atomic E-state index is -0.0356. The Bertz CT molecular complexity index is 922. The summed E-state index contributed by atoms with van der Waals surface area (Å²) in [7, 11) is 1.79. The molecule has 0 fully saturated rings. The fraction of sp³-hybridized carbons (Fsp3) is 0.364. The third-order valence-corrected chi connectivity index (χ3v) is 4.70. The van der Waals surface area contributed by atoms with Gasteiger partial charge >= 0.3 is 0 Å². The van der Waals surface area contributed by atoms with Crippen molar-refractivity contribution in [3.63, 3.8) is 0 Å². The van der Waals surface area contributed by atoms with E-state index in [4.69, 9.17) is 4.74 Å². The van der Waals surface area contributed by atoms with Crippen molar-refractivity contribution in [3.8, 4) is 5.75 Å². The van der Waals surface area contributed by atoms with Crippen LogP contribution in [0.1, 0.15) is 31.7 Å². The van der Waals surface area contributed by atoms with E-state index in [0.29, 0.717) is 0 Å². The van der Waals surface area contributed by atoms with E-state index in [2.05, 4.69) is 23.3 Å². The fourth-order valence-corrected chi connectivity index (χ4v) is 3.12. The molecule has 0 saturated heterocycles. The Morgan fingerprint density at radius 2 is 2.11 bits per heavy atom. The van der Waals surface area contributed by atoms with Crippen LogP contribution >= 0.6 is 0 Å². The van der Waals surface area contributed by atoms with Gasteiger partial charge in [-0.2, -0.15) is 0 Å². The van der Waals surface area contributed by atoms with Gasteiger partial charge < -0.3 is 9.30 Å². The molecule has 0 aliphatic carbocycles. The molecule has 5 nitrogen and oxygen atoms in total. The standard InChI is InChI=1S/C22H27N3O2/c1-3-4-7-21(24-14-12-17-6-5-13-23-16-17)27-19-9-10-20-18(15-19)8-11-22(26)25(20)2/h5-6,8-11,13,15-16,21,24H,3-4,7,12,14H2,1-2H3. The maximum Gasteiger partial charge on any atom is 0.250 e. The molecule has 0 bridgehead atoms. The molecule has 2 heterocycles. The lowest BCUT2D eigenvalue weighted by Gasteiger charge is -2.21. The van der Waals surface area contributed by atoms with Gasteiger partial charge in [0.25, 0.3) is 5.56 Å². The molecule has 2 aromatic heterocycles. The zero-order valence-corrected chi connectivity index (χ0v) is 16.0. The number of rotatable bonds is 9. The van der Waals surface area contributed by atoms with Crippen molar-refractivity contribution in [2.24, 2.45) is 7.05 Å². The number of fused-ring (bicyclic) bond motifs is 1. The minimum absolute atomic E-state index is 0.00550. The van der Waals surface area contributed by atoms with E-state index in [-0.39, 0.29) is 11.8 Å². The first-order valence-corrected chi connectivity index (χ1v) is 9.56. The summed E-state index contributed by atoms with van der Waals surface area (Å²) < 4.78 is 7.87. The molecule has 1 atom stereocenters. The molecule has 5 heteroatoms. The van der Waals surface area contributed by atoms with Gasteiger partial charge in [0.1, 0.15) is 12.0 Å². The SMILES string of the molecule is CCCCC(NCCc1cccnc1)Oc1ccc2c(ccc(=O)n2C)c1. The highest BCUT2D eigenvalue weighted by molar-refractivity contribution is 5.80. The molecule has 0 aliphatic rings. The molecule has 1 aromatic carbocycles. The molecule has 142 valence electrons. The summed E-state index contributed by atoms with van der Waals surface area (Å²) in [6.07, 6.45) is 7.76. The van der Waals surface area contributed by atoms with Crippen LogP contribution in [0.15, 0.2) is 59.7 Å². The van der Waals surface area contributed by atoms with Crippen LogP contribution in [0.2, 0.25) is 0 Å². The van der Waals surface area contributed by atoms with E-state index in [9.17, 15) is 4.79 Å². The van der Waals surface area contributed by atoms with E-state index >= 15 is 0 Å². The van der Waals surface area contributed by atoms with Gasteiger partial charge in [-0.25, -0.2) is 0 Å². The maximum absolute atomic E-state index is 11.8. The summed E-state index contributed by atoms with van der Waals surface area (Å²) in [4.78, 5) is 15.9. The average Bonchev–Trinajstić information content (AvgIpc) is 2.69. The molecular formula is C22H27N3O2. The smallest absolute Gasteiger partial charge is 0.250 e. The highest BCUT2D eigenvalue weighted by atomic mass is 16.5. The summed E-state index contributed by atoms with van der Waals surface area (Å²) in [5.41, 5.74) is 2.12. The third kappa shape index (κ3) is 5.17. The van der Waals surface area contributed by atoms with Crippen molar-refractivity contribution < 1.29 is 4.74 Å². The molecule has 27 heavy (non-hydrogen) atoms. The molecule has 0 aliphatic heterocycles. The summed E-state index contributed by atoms with van der Waals surface area (Å²) in [6, 6.07) is 13.4. The number of nitrogens with zero attached hydrogens (tertiary/aromatic N) is 2. The normalized spacial score (nSPS) is 12.2. The van der Waals surface area contributed by atoms with Gasteiger partial charge in [-0.3, -0.25) is 15.1 Å². The number of unbranched alkanes of at least 4 members (excludes halogenated alkanes) is 1. The number of benzene rings is 1. The van der Waals surface area contributed by atoms with Gasteiger partial charge in [-0.15, -0.1) is 0 Å². The molecule has 0 radical (unpaired) electrons. The second-order valence-electron chi connectivity index (χ2n) is 6.77. The van der Waals surface area contributed by atoms with Crippen molar-refractivity contribution in [2.75, 3.05) is 6.54 Å². The van der Waals surface area contributed by atoms with Gasteiger partial charge in [0.15, 0.2) is 0 Å². The van der Waals surface area contributed by atoms with Crippen molar-refractivity contribution in [2.45, 2.75) is 38.8 Å². The monoisotopic (exact) mass is 365 g/mol. The number of hydrogen-bond donors (Lipinski definition) is 1. The number of aromatic nitrogens is 2. The van der Waals surface area contributed by atoms with Crippen molar-refractivity contribution >= 4 is 10.9 Å². The number of nitrogens with one attached hydrogen (secondary N) is 1. The topological polar surface area (TPSA) is 56.2 Å². The van der Waals surface area contributed by atoms with Gasteiger partial charge in [0.05, 0.1) is 5.52 Å². The molecule has 0 spiro atoms. The van der Waals surface area contributed by atoms with Crippen LogP contribution in [0, 0.1) is 0 Å². The number of pyridine rings is 2. The Morgan fingerprint density at radius 1 is 1.22 bits per heavy atom. The van der Waals surface area contributed by atoms with Crippen LogP contribution in [-0.4, -0.2) is 22.3 Å². The number of aryl methyl sites for hydroxylation is 1. The molecule has 1 unspecified atom stereocenters. The van der Waals surface area contributed by atoms with Gasteiger partial charge in [-0.1, -0.05) is 19.4 Å². The van der Waals surface area contributed by atoms with Crippen LogP contribution in [0.4, 0.5) is 0 Å². The second-order valence-corrected chi connectivity index (χ2v) is 6.77. The first-order valence-electron chi connectivity index (χ1n) is 9.56. The predicted octanol–water partition coefficient (Wildman–Crippen LogP) is 3.66. The highest BCUT2D eigenvalue weighted by Gasteiger charge is 2.10. The molecule has 0 saturated carbocycles.